The molecule has 2 aromatic rings. The number of H-pyrrole nitrogens is 1. The molecule has 112 valence electrons. The highest BCUT2D eigenvalue weighted by atomic mass is 16.5. The Balaban J connectivity index is 1.63. The molecule has 0 saturated carbocycles. The SMILES string of the molecule is O=C(NCC1OCCC(O)C1O)c1ncc2cc[nH]c2n1. The normalized spacial score (nSPS) is 25.9. The summed E-state index contributed by atoms with van der Waals surface area (Å²) in [6.45, 7) is 0.437. The third-order valence-electron chi connectivity index (χ3n) is 3.49. The van der Waals surface area contributed by atoms with E-state index in [2.05, 4.69) is 20.3 Å². The smallest absolute Gasteiger partial charge is 0.289 e. The summed E-state index contributed by atoms with van der Waals surface area (Å²) in [6, 6.07) is 1.81. The highest BCUT2D eigenvalue weighted by molar-refractivity contribution is 5.92. The lowest BCUT2D eigenvalue weighted by molar-refractivity contribution is -0.132. The van der Waals surface area contributed by atoms with Gasteiger partial charge in [-0.2, -0.15) is 0 Å². The first-order valence-corrected chi connectivity index (χ1v) is 6.71. The Morgan fingerprint density at radius 3 is 3.24 bits per heavy atom. The number of ether oxygens (including phenoxy) is 1. The van der Waals surface area contributed by atoms with Crippen LogP contribution < -0.4 is 5.32 Å². The number of aromatic nitrogens is 3. The molecule has 8 nitrogen and oxygen atoms in total. The summed E-state index contributed by atoms with van der Waals surface area (Å²) in [6.07, 6.45) is 1.20. The van der Waals surface area contributed by atoms with Gasteiger partial charge in [-0.25, -0.2) is 9.97 Å². The van der Waals surface area contributed by atoms with Gasteiger partial charge in [-0.15, -0.1) is 0 Å². The number of rotatable bonds is 3. The third-order valence-corrected chi connectivity index (χ3v) is 3.49. The number of aromatic amines is 1. The van der Waals surface area contributed by atoms with Crippen molar-refractivity contribution in [3.8, 4) is 0 Å². The van der Waals surface area contributed by atoms with E-state index in [0.29, 0.717) is 18.7 Å². The Morgan fingerprint density at radius 1 is 1.52 bits per heavy atom. The van der Waals surface area contributed by atoms with E-state index in [-0.39, 0.29) is 12.4 Å². The molecule has 0 spiro atoms. The molecule has 1 amide bonds. The first kappa shape index (κ1) is 13.9. The lowest BCUT2D eigenvalue weighted by atomic mass is 10.0. The molecule has 21 heavy (non-hydrogen) atoms. The maximum absolute atomic E-state index is 12.0. The van der Waals surface area contributed by atoms with Gasteiger partial charge in [0.1, 0.15) is 17.9 Å². The number of carbonyl (C=O) groups excluding carboxylic acids is 1. The summed E-state index contributed by atoms with van der Waals surface area (Å²) in [5.74, 6) is -0.418. The van der Waals surface area contributed by atoms with Crippen LogP contribution >= 0.6 is 0 Å². The molecular formula is C13H16N4O4. The van der Waals surface area contributed by atoms with Crippen molar-refractivity contribution < 1.29 is 19.7 Å². The van der Waals surface area contributed by atoms with Crippen LogP contribution in [0, 0.1) is 0 Å². The van der Waals surface area contributed by atoms with E-state index in [1.54, 1.807) is 12.4 Å². The van der Waals surface area contributed by atoms with E-state index in [9.17, 15) is 15.0 Å². The second-order valence-corrected chi connectivity index (χ2v) is 4.94. The molecule has 3 heterocycles. The fourth-order valence-corrected chi connectivity index (χ4v) is 2.26. The number of carbonyl (C=O) groups is 1. The fraction of sp³-hybridized carbons (Fsp3) is 0.462. The van der Waals surface area contributed by atoms with E-state index in [1.807, 2.05) is 6.07 Å². The standard InChI is InChI=1S/C13H16N4O4/c18-8-2-4-21-9(10(8)19)6-16-13(20)12-15-5-7-1-3-14-11(7)17-12/h1,3,5,8-10,18-19H,2,4,6H2,(H,16,20)(H,14,15,17). The molecule has 1 fully saturated rings. The molecule has 4 N–H and O–H groups in total. The number of hydrogen-bond donors (Lipinski definition) is 4. The lowest BCUT2D eigenvalue weighted by Gasteiger charge is -2.31. The molecule has 0 aliphatic carbocycles. The van der Waals surface area contributed by atoms with Crippen LogP contribution in [0.3, 0.4) is 0 Å². The molecule has 3 rings (SSSR count). The van der Waals surface area contributed by atoms with Crippen LogP contribution in [-0.2, 0) is 4.74 Å². The summed E-state index contributed by atoms with van der Waals surface area (Å²) < 4.78 is 5.33. The van der Waals surface area contributed by atoms with Gasteiger partial charge < -0.3 is 25.3 Å². The summed E-state index contributed by atoms with van der Waals surface area (Å²) in [4.78, 5) is 23.0. The van der Waals surface area contributed by atoms with Crippen molar-refractivity contribution in [2.45, 2.75) is 24.7 Å². The topological polar surface area (TPSA) is 120 Å². The Morgan fingerprint density at radius 2 is 2.38 bits per heavy atom. The summed E-state index contributed by atoms with van der Waals surface area (Å²) in [5, 5.41) is 22.7. The van der Waals surface area contributed by atoms with Gasteiger partial charge in [0.15, 0.2) is 0 Å². The predicted molar refractivity (Wildman–Crippen MR) is 72.6 cm³/mol. The van der Waals surface area contributed by atoms with Gasteiger partial charge in [-0.1, -0.05) is 0 Å². The van der Waals surface area contributed by atoms with E-state index in [0.717, 1.165) is 5.39 Å². The Hall–Kier alpha value is -2.03. The average Bonchev–Trinajstić information content (AvgIpc) is 2.96. The largest absolute Gasteiger partial charge is 0.390 e. The minimum atomic E-state index is -1.01. The van der Waals surface area contributed by atoms with Crippen molar-refractivity contribution in [3.63, 3.8) is 0 Å². The molecule has 2 aromatic heterocycles. The van der Waals surface area contributed by atoms with E-state index >= 15 is 0 Å². The first-order valence-electron chi connectivity index (χ1n) is 6.71. The number of hydrogen-bond acceptors (Lipinski definition) is 6. The van der Waals surface area contributed by atoms with Crippen molar-refractivity contribution in [1.82, 2.24) is 20.3 Å². The highest BCUT2D eigenvalue weighted by Gasteiger charge is 2.31. The number of aliphatic hydroxyl groups is 2. The van der Waals surface area contributed by atoms with E-state index in [4.69, 9.17) is 4.74 Å². The molecule has 3 unspecified atom stereocenters. The second kappa shape index (κ2) is 5.76. The van der Waals surface area contributed by atoms with Crippen molar-refractivity contribution in [2.24, 2.45) is 0 Å². The molecule has 0 aromatic carbocycles. The fourth-order valence-electron chi connectivity index (χ4n) is 2.26. The first-order chi connectivity index (χ1) is 10.1. The van der Waals surface area contributed by atoms with Crippen molar-refractivity contribution in [3.05, 3.63) is 24.3 Å². The summed E-state index contributed by atoms with van der Waals surface area (Å²) in [7, 11) is 0. The lowest BCUT2D eigenvalue weighted by Crippen LogP contribution is -2.50. The average molecular weight is 292 g/mol. The number of amides is 1. The Kier molecular flexibility index (Phi) is 3.82. The van der Waals surface area contributed by atoms with Crippen LogP contribution in [0.15, 0.2) is 18.5 Å². The highest BCUT2D eigenvalue weighted by Crippen LogP contribution is 2.14. The van der Waals surface area contributed by atoms with Crippen LogP contribution in [0.1, 0.15) is 17.0 Å². The van der Waals surface area contributed by atoms with Gasteiger partial charge in [0, 0.05) is 30.9 Å². The van der Waals surface area contributed by atoms with Crippen LogP contribution in [0.5, 0.6) is 0 Å². The second-order valence-electron chi connectivity index (χ2n) is 4.94. The molecule has 3 atom stereocenters. The Bertz CT molecular complexity index is 644. The van der Waals surface area contributed by atoms with Gasteiger partial charge in [0.25, 0.3) is 5.91 Å². The van der Waals surface area contributed by atoms with Gasteiger partial charge in [-0.05, 0) is 12.5 Å². The third kappa shape index (κ3) is 2.87. The maximum Gasteiger partial charge on any atom is 0.289 e. The van der Waals surface area contributed by atoms with Crippen LogP contribution in [0.25, 0.3) is 11.0 Å². The molecule has 0 radical (unpaired) electrons. The predicted octanol–water partition coefficient (Wildman–Crippen LogP) is -0.802. The van der Waals surface area contributed by atoms with Crippen molar-refractivity contribution in [1.29, 1.82) is 0 Å². The van der Waals surface area contributed by atoms with Gasteiger partial charge in [0.05, 0.1) is 6.10 Å². The molecule has 1 aliphatic rings. The monoisotopic (exact) mass is 292 g/mol. The van der Waals surface area contributed by atoms with E-state index in [1.165, 1.54) is 0 Å². The van der Waals surface area contributed by atoms with Crippen LogP contribution in [-0.4, -0.2) is 62.5 Å². The number of nitrogens with zero attached hydrogens (tertiary/aromatic N) is 2. The number of nitrogens with one attached hydrogen (secondary N) is 2. The van der Waals surface area contributed by atoms with Crippen LogP contribution in [0.2, 0.25) is 0 Å². The van der Waals surface area contributed by atoms with Crippen molar-refractivity contribution >= 4 is 16.9 Å². The zero-order valence-corrected chi connectivity index (χ0v) is 11.2. The summed E-state index contributed by atoms with van der Waals surface area (Å²) >= 11 is 0. The minimum Gasteiger partial charge on any atom is -0.390 e. The molecule has 8 heteroatoms. The zero-order valence-electron chi connectivity index (χ0n) is 11.2. The minimum absolute atomic E-state index is 0.0378. The van der Waals surface area contributed by atoms with Gasteiger partial charge in [0.2, 0.25) is 5.82 Å². The molecule has 1 saturated heterocycles. The summed E-state index contributed by atoms with van der Waals surface area (Å²) in [5.41, 5.74) is 0.583. The number of aliphatic hydroxyl groups excluding tert-OH is 2. The zero-order chi connectivity index (χ0) is 14.8. The molecular weight excluding hydrogens is 276 g/mol. The van der Waals surface area contributed by atoms with E-state index < -0.39 is 24.2 Å². The Labute approximate surface area is 120 Å². The molecule has 0 bridgehead atoms. The van der Waals surface area contributed by atoms with Crippen molar-refractivity contribution in [2.75, 3.05) is 13.2 Å². The number of fused-ring (bicyclic) bond motifs is 1. The molecule has 1 aliphatic heterocycles. The van der Waals surface area contributed by atoms with Gasteiger partial charge in [-0.3, -0.25) is 4.79 Å². The quantitative estimate of drug-likeness (QED) is 0.588. The van der Waals surface area contributed by atoms with Gasteiger partial charge >= 0.3 is 0 Å². The van der Waals surface area contributed by atoms with Crippen LogP contribution in [0.4, 0.5) is 0 Å². The maximum atomic E-state index is 12.0.